The van der Waals surface area contributed by atoms with E-state index in [9.17, 15) is 14.0 Å². The van der Waals surface area contributed by atoms with E-state index in [0.29, 0.717) is 41.4 Å². The molecule has 9 nitrogen and oxygen atoms in total. The number of carbonyl (C=O) groups is 1. The molecule has 0 saturated carbocycles. The van der Waals surface area contributed by atoms with E-state index in [-0.39, 0.29) is 23.0 Å². The minimum Gasteiger partial charge on any atom is -0.349 e. The Morgan fingerprint density at radius 3 is 3.09 bits per heavy atom. The lowest BCUT2D eigenvalue weighted by atomic mass is 10.1. The molecule has 1 aliphatic rings. The number of rotatable bonds is 5. The van der Waals surface area contributed by atoms with Crippen LogP contribution in [0.25, 0.3) is 5.65 Å². The monoisotopic (exact) mass is 467 g/mol. The van der Waals surface area contributed by atoms with Crippen LogP contribution < -0.4 is 15.8 Å². The molecule has 168 valence electrons. The maximum atomic E-state index is 13.8. The van der Waals surface area contributed by atoms with Crippen molar-refractivity contribution >= 4 is 34.8 Å². The van der Waals surface area contributed by atoms with Crippen LogP contribution in [0.3, 0.4) is 0 Å². The molecule has 5 rings (SSSR count). The fourth-order valence-corrected chi connectivity index (χ4v) is 4.31. The summed E-state index contributed by atoms with van der Waals surface area (Å²) in [5.41, 5.74) is 1.33. The topological polar surface area (TPSA) is 108 Å². The van der Waals surface area contributed by atoms with E-state index in [2.05, 4.69) is 25.4 Å². The van der Waals surface area contributed by atoms with E-state index >= 15 is 0 Å². The van der Waals surface area contributed by atoms with Crippen LogP contribution in [0.1, 0.15) is 40.4 Å². The normalized spacial score (nSPS) is 15.8. The maximum Gasteiger partial charge on any atom is 0.262 e. The van der Waals surface area contributed by atoms with Crippen LogP contribution in [0, 0.1) is 5.82 Å². The van der Waals surface area contributed by atoms with Gasteiger partial charge in [-0.2, -0.15) is 5.10 Å². The first-order valence-corrected chi connectivity index (χ1v) is 10.9. The summed E-state index contributed by atoms with van der Waals surface area (Å²) < 4.78 is 15.3. The number of hydrogen-bond donors (Lipinski definition) is 2. The van der Waals surface area contributed by atoms with E-state index in [1.807, 2.05) is 4.90 Å². The SMILES string of the molecule is O=C(Nc1ncccc1CCl)c1cnn2ccc(N3CCCC3c3cc(F)c[nH]c3=O)nc12. The van der Waals surface area contributed by atoms with Gasteiger partial charge in [-0.15, -0.1) is 11.6 Å². The summed E-state index contributed by atoms with van der Waals surface area (Å²) in [6.45, 7) is 0.645. The molecule has 2 N–H and O–H groups in total. The summed E-state index contributed by atoms with van der Waals surface area (Å²) in [6, 6.07) is 6.23. The predicted octanol–water partition coefficient (Wildman–Crippen LogP) is 3.28. The smallest absolute Gasteiger partial charge is 0.262 e. The highest BCUT2D eigenvalue weighted by atomic mass is 35.5. The summed E-state index contributed by atoms with van der Waals surface area (Å²) >= 11 is 5.94. The van der Waals surface area contributed by atoms with Gasteiger partial charge in [-0.05, 0) is 31.0 Å². The van der Waals surface area contributed by atoms with E-state index < -0.39 is 11.7 Å². The third-order valence-corrected chi connectivity index (χ3v) is 5.96. The van der Waals surface area contributed by atoms with Gasteiger partial charge in [0.05, 0.1) is 18.1 Å². The van der Waals surface area contributed by atoms with Gasteiger partial charge < -0.3 is 15.2 Å². The van der Waals surface area contributed by atoms with Gasteiger partial charge >= 0.3 is 0 Å². The lowest BCUT2D eigenvalue weighted by molar-refractivity contribution is 0.102. The number of alkyl halides is 1. The lowest BCUT2D eigenvalue weighted by Gasteiger charge is -2.25. The molecule has 5 heterocycles. The molecule has 4 aromatic rings. The van der Waals surface area contributed by atoms with Crippen molar-refractivity contribution in [2.45, 2.75) is 24.8 Å². The zero-order valence-corrected chi connectivity index (χ0v) is 18.1. The van der Waals surface area contributed by atoms with Gasteiger partial charge in [0.25, 0.3) is 11.5 Å². The second-order valence-corrected chi connectivity index (χ2v) is 7.93. The Morgan fingerprint density at radius 1 is 1.36 bits per heavy atom. The summed E-state index contributed by atoms with van der Waals surface area (Å²) in [5, 5.41) is 6.98. The van der Waals surface area contributed by atoms with Crippen molar-refractivity contribution in [2.24, 2.45) is 0 Å². The Balaban J connectivity index is 1.48. The van der Waals surface area contributed by atoms with Crippen LogP contribution in [0.2, 0.25) is 0 Å². The number of nitrogens with one attached hydrogen (secondary N) is 2. The molecule has 11 heteroatoms. The number of pyridine rings is 2. The van der Waals surface area contributed by atoms with Crippen LogP contribution in [0.5, 0.6) is 0 Å². The summed E-state index contributed by atoms with van der Waals surface area (Å²) in [6.07, 6.45) is 7.26. The number of aromatic nitrogens is 5. The van der Waals surface area contributed by atoms with Crippen LogP contribution in [0.4, 0.5) is 16.0 Å². The van der Waals surface area contributed by atoms with Gasteiger partial charge in [-0.3, -0.25) is 9.59 Å². The molecule has 0 spiro atoms. The number of anilines is 2. The molecule has 1 unspecified atom stereocenters. The summed E-state index contributed by atoms with van der Waals surface area (Å²) in [5.74, 6) is 0.232. The molecule has 1 atom stereocenters. The Labute approximate surface area is 192 Å². The van der Waals surface area contributed by atoms with Gasteiger partial charge in [0.15, 0.2) is 5.65 Å². The first-order valence-electron chi connectivity index (χ1n) is 10.4. The van der Waals surface area contributed by atoms with E-state index in [0.717, 1.165) is 12.6 Å². The van der Waals surface area contributed by atoms with Gasteiger partial charge in [0.2, 0.25) is 0 Å². The van der Waals surface area contributed by atoms with E-state index in [1.165, 1.54) is 16.8 Å². The number of carbonyl (C=O) groups excluding carboxylic acids is 1. The van der Waals surface area contributed by atoms with E-state index in [4.69, 9.17) is 11.6 Å². The van der Waals surface area contributed by atoms with Gasteiger partial charge in [0, 0.05) is 36.3 Å². The van der Waals surface area contributed by atoms with Gasteiger partial charge in [-0.25, -0.2) is 18.9 Å². The minimum atomic E-state index is -0.500. The molecule has 0 aromatic carbocycles. The summed E-state index contributed by atoms with van der Waals surface area (Å²) in [7, 11) is 0. The zero-order chi connectivity index (χ0) is 22.9. The summed E-state index contributed by atoms with van der Waals surface area (Å²) in [4.78, 5) is 38.5. The second kappa shape index (κ2) is 8.62. The standard InChI is InChI=1S/C22H19ClFN7O2/c23-10-13-3-1-6-25-19(13)29-22(33)16-12-27-31-8-5-18(28-20(16)31)30-7-2-4-17(30)15-9-14(24)11-26-21(15)32/h1,3,5-6,8-9,11-12,17H,2,4,7,10H2,(H,26,32)(H,25,29,33). The van der Waals surface area contributed by atoms with Crippen molar-refractivity contribution in [1.82, 2.24) is 24.6 Å². The zero-order valence-electron chi connectivity index (χ0n) is 17.3. The van der Waals surface area contributed by atoms with Crippen molar-refractivity contribution in [3.8, 4) is 0 Å². The predicted molar refractivity (Wildman–Crippen MR) is 121 cm³/mol. The van der Waals surface area contributed by atoms with Crippen molar-refractivity contribution in [3.05, 3.63) is 81.9 Å². The first-order chi connectivity index (χ1) is 16.0. The number of nitrogens with zero attached hydrogens (tertiary/aromatic N) is 5. The average Bonchev–Trinajstić information content (AvgIpc) is 3.48. The average molecular weight is 468 g/mol. The number of H-pyrrole nitrogens is 1. The molecule has 1 aliphatic heterocycles. The van der Waals surface area contributed by atoms with Crippen LogP contribution in [-0.4, -0.2) is 37.0 Å². The molecule has 0 bridgehead atoms. The maximum absolute atomic E-state index is 13.8. The highest BCUT2D eigenvalue weighted by molar-refractivity contribution is 6.17. The van der Waals surface area contributed by atoms with Gasteiger partial charge in [0.1, 0.15) is 23.0 Å². The number of fused-ring (bicyclic) bond motifs is 1. The largest absolute Gasteiger partial charge is 0.349 e. The third kappa shape index (κ3) is 3.93. The minimum absolute atomic E-state index is 0.205. The first kappa shape index (κ1) is 21.1. The van der Waals surface area contributed by atoms with Crippen LogP contribution in [-0.2, 0) is 5.88 Å². The fourth-order valence-electron chi connectivity index (χ4n) is 4.10. The molecular weight excluding hydrogens is 449 g/mol. The molecule has 0 radical (unpaired) electrons. The highest BCUT2D eigenvalue weighted by Gasteiger charge is 2.30. The Kier molecular flexibility index (Phi) is 5.51. The second-order valence-electron chi connectivity index (χ2n) is 7.66. The fraction of sp³-hybridized carbons (Fsp3) is 0.227. The highest BCUT2D eigenvalue weighted by Crippen LogP contribution is 2.34. The quantitative estimate of drug-likeness (QED) is 0.436. The Hall–Kier alpha value is -3.79. The molecule has 4 aromatic heterocycles. The van der Waals surface area contributed by atoms with Crippen molar-refractivity contribution in [2.75, 3.05) is 16.8 Å². The van der Waals surface area contributed by atoms with Crippen LogP contribution in [0.15, 0.2) is 53.8 Å². The third-order valence-electron chi connectivity index (χ3n) is 5.67. The number of halogens is 2. The molecule has 1 amide bonds. The molecule has 1 fully saturated rings. The number of hydrogen-bond acceptors (Lipinski definition) is 6. The molecule has 33 heavy (non-hydrogen) atoms. The number of amides is 1. The van der Waals surface area contributed by atoms with Crippen molar-refractivity contribution in [1.29, 1.82) is 0 Å². The van der Waals surface area contributed by atoms with E-state index in [1.54, 1.807) is 30.6 Å². The lowest BCUT2D eigenvalue weighted by Crippen LogP contribution is -2.28. The van der Waals surface area contributed by atoms with Crippen molar-refractivity contribution in [3.63, 3.8) is 0 Å². The number of aromatic amines is 1. The van der Waals surface area contributed by atoms with Gasteiger partial charge in [-0.1, -0.05) is 6.07 Å². The Morgan fingerprint density at radius 2 is 2.24 bits per heavy atom. The molecule has 1 saturated heterocycles. The Bertz CT molecular complexity index is 1400. The molecular formula is C22H19ClFN7O2. The molecule has 0 aliphatic carbocycles. The van der Waals surface area contributed by atoms with Crippen LogP contribution >= 0.6 is 11.6 Å². The van der Waals surface area contributed by atoms with Crippen molar-refractivity contribution < 1.29 is 9.18 Å².